The van der Waals surface area contributed by atoms with E-state index in [4.69, 9.17) is 4.52 Å². The number of aromatic nitrogens is 1. The highest BCUT2D eigenvalue weighted by Crippen LogP contribution is 2.34. The Balaban J connectivity index is 1.95. The number of hydrogen-bond acceptors (Lipinski definition) is 3. The van der Waals surface area contributed by atoms with Crippen molar-refractivity contribution in [3.8, 4) is 11.3 Å². The van der Waals surface area contributed by atoms with Crippen molar-refractivity contribution in [2.75, 3.05) is 0 Å². The van der Waals surface area contributed by atoms with Crippen molar-refractivity contribution >= 4 is 0 Å². The first kappa shape index (κ1) is 15.3. The van der Waals surface area contributed by atoms with Crippen molar-refractivity contribution in [2.45, 2.75) is 65.1 Å². The van der Waals surface area contributed by atoms with Crippen molar-refractivity contribution in [3.63, 3.8) is 0 Å². The lowest BCUT2D eigenvalue weighted by molar-refractivity contribution is 0.102. The van der Waals surface area contributed by atoms with Crippen LogP contribution in [0.25, 0.3) is 11.3 Å². The summed E-state index contributed by atoms with van der Waals surface area (Å²) in [4.78, 5) is 2.65. The Morgan fingerprint density at radius 1 is 1.14 bits per heavy atom. The van der Waals surface area contributed by atoms with Crippen molar-refractivity contribution < 1.29 is 4.52 Å². The van der Waals surface area contributed by atoms with Gasteiger partial charge in [-0.1, -0.05) is 23.4 Å². The Kier molecular flexibility index (Phi) is 4.34. The largest absolute Gasteiger partial charge is 0.356 e. The molecule has 0 amide bonds. The number of hydrogen-bond donors (Lipinski definition) is 0. The molecule has 0 spiro atoms. The third-order valence-electron chi connectivity index (χ3n) is 4.78. The van der Waals surface area contributed by atoms with E-state index in [2.05, 4.69) is 56.0 Å². The van der Waals surface area contributed by atoms with E-state index in [0.29, 0.717) is 18.1 Å². The van der Waals surface area contributed by atoms with Crippen LogP contribution >= 0.6 is 0 Å². The van der Waals surface area contributed by atoms with Gasteiger partial charge in [0.05, 0.1) is 6.20 Å². The van der Waals surface area contributed by atoms with Crippen LogP contribution in [0.5, 0.6) is 0 Å². The summed E-state index contributed by atoms with van der Waals surface area (Å²) in [5, 5.41) is 3.87. The first-order valence-corrected chi connectivity index (χ1v) is 8.37. The second-order valence-electron chi connectivity index (χ2n) is 6.85. The molecule has 2 aromatic rings. The molecule has 1 aromatic heterocycles. The fourth-order valence-electron chi connectivity index (χ4n) is 4.05. The van der Waals surface area contributed by atoms with Crippen LogP contribution in [0.3, 0.4) is 0 Å². The summed E-state index contributed by atoms with van der Waals surface area (Å²) in [6.45, 7) is 9.21. The van der Waals surface area contributed by atoms with Crippen molar-refractivity contribution in [3.05, 3.63) is 41.6 Å². The van der Waals surface area contributed by atoms with Gasteiger partial charge in [0.15, 0.2) is 5.76 Å². The zero-order valence-corrected chi connectivity index (χ0v) is 14.0. The molecule has 118 valence electrons. The van der Waals surface area contributed by atoms with E-state index >= 15 is 0 Å². The van der Waals surface area contributed by atoms with Gasteiger partial charge in [-0.15, -0.1) is 0 Å². The highest BCUT2D eigenvalue weighted by atomic mass is 16.5. The summed E-state index contributed by atoms with van der Waals surface area (Å²) in [5.41, 5.74) is 4.13. The SMILES string of the molecule is CC(C)N(C(C)C)C1CCc2cccc(-c3ccno3)c2C1. The molecule has 1 unspecified atom stereocenters. The van der Waals surface area contributed by atoms with E-state index in [9.17, 15) is 0 Å². The van der Waals surface area contributed by atoms with Gasteiger partial charge in [-0.25, -0.2) is 0 Å². The molecule has 1 aliphatic rings. The van der Waals surface area contributed by atoms with Gasteiger partial charge in [0, 0.05) is 29.8 Å². The number of fused-ring (bicyclic) bond motifs is 1. The molecule has 3 heteroatoms. The third kappa shape index (κ3) is 2.82. The Morgan fingerprint density at radius 2 is 1.91 bits per heavy atom. The molecule has 0 saturated heterocycles. The number of benzene rings is 1. The Labute approximate surface area is 133 Å². The maximum absolute atomic E-state index is 5.41. The zero-order valence-electron chi connectivity index (χ0n) is 14.0. The quantitative estimate of drug-likeness (QED) is 0.842. The first-order valence-electron chi connectivity index (χ1n) is 8.37. The van der Waals surface area contributed by atoms with Gasteiger partial charge in [-0.2, -0.15) is 0 Å². The predicted molar refractivity (Wildman–Crippen MR) is 89.9 cm³/mol. The number of aryl methyl sites for hydroxylation is 1. The van der Waals surface area contributed by atoms with Gasteiger partial charge in [0.1, 0.15) is 0 Å². The average Bonchev–Trinajstić information content (AvgIpc) is 3.00. The molecule has 0 radical (unpaired) electrons. The van der Waals surface area contributed by atoms with Gasteiger partial charge in [-0.3, -0.25) is 4.90 Å². The molecular weight excluding hydrogens is 272 g/mol. The predicted octanol–water partition coefficient (Wildman–Crippen LogP) is 4.32. The van der Waals surface area contributed by atoms with E-state index in [-0.39, 0.29) is 0 Å². The molecule has 0 bridgehead atoms. The third-order valence-corrected chi connectivity index (χ3v) is 4.78. The van der Waals surface area contributed by atoms with Crippen LogP contribution in [0, 0.1) is 0 Å². The molecule has 1 atom stereocenters. The standard InChI is InChI=1S/C19H26N2O/c1-13(2)21(14(3)4)16-9-8-15-6-5-7-17(18(15)12-16)19-10-11-20-22-19/h5-7,10-11,13-14,16H,8-9,12H2,1-4H3. The number of nitrogens with zero attached hydrogens (tertiary/aromatic N) is 2. The smallest absolute Gasteiger partial charge is 0.167 e. The molecule has 1 aliphatic carbocycles. The monoisotopic (exact) mass is 298 g/mol. The second-order valence-corrected chi connectivity index (χ2v) is 6.85. The van der Waals surface area contributed by atoms with Gasteiger partial charge in [0.25, 0.3) is 0 Å². The van der Waals surface area contributed by atoms with Crippen LogP contribution in [-0.4, -0.2) is 28.2 Å². The van der Waals surface area contributed by atoms with Crippen LogP contribution in [0.1, 0.15) is 45.2 Å². The van der Waals surface area contributed by atoms with Gasteiger partial charge in [-0.05, 0) is 58.1 Å². The minimum atomic E-state index is 0.573. The maximum Gasteiger partial charge on any atom is 0.167 e. The van der Waals surface area contributed by atoms with E-state index in [1.54, 1.807) is 6.20 Å². The molecule has 3 rings (SSSR count). The fraction of sp³-hybridized carbons (Fsp3) is 0.526. The Hall–Kier alpha value is -1.61. The van der Waals surface area contributed by atoms with Crippen LogP contribution in [0.2, 0.25) is 0 Å². The van der Waals surface area contributed by atoms with E-state index in [1.165, 1.54) is 23.1 Å². The molecule has 1 heterocycles. The summed E-state index contributed by atoms with van der Waals surface area (Å²) in [5.74, 6) is 0.887. The Morgan fingerprint density at radius 3 is 2.55 bits per heavy atom. The van der Waals surface area contributed by atoms with E-state index in [1.807, 2.05) is 6.07 Å². The van der Waals surface area contributed by atoms with Crippen LogP contribution in [0.15, 0.2) is 35.0 Å². The lowest BCUT2D eigenvalue weighted by Gasteiger charge is -2.41. The highest BCUT2D eigenvalue weighted by Gasteiger charge is 2.29. The van der Waals surface area contributed by atoms with Crippen LogP contribution in [0.4, 0.5) is 0 Å². The van der Waals surface area contributed by atoms with Crippen LogP contribution < -0.4 is 0 Å². The lowest BCUT2D eigenvalue weighted by atomic mass is 9.83. The summed E-state index contributed by atoms with van der Waals surface area (Å²) < 4.78 is 5.41. The van der Waals surface area contributed by atoms with Gasteiger partial charge in [0.2, 0.25) is 0 Å². The van der Waals surface area contributed by atoms with Crippen molar-refractivity contribution in [1.29, 1.82) is 0 Å². The normalized spacial score (nSPS) is 18.2. The molecular formula is C19H26N2O. The number of rotatable bonds is 4. The zero-order chi connectivity index (χ0) is 15.7. The van der Waals surface area contributed by atoms with Gasteiger partial charge < -0.3 is 4.52 Å². The first-order chi connectivity index (χ1) is 10.6. The van der Waals surface area contributed by atoms with E-state index < -0.39 is 0 Å². The summed E-state index contributed by atoms with van der Waals surface area (Å²) in [7, 11) is 0. The molecule has 0 N–H and O–H groups in total. The maximum atomic E-state index is 5.41. The minimum absolute atomic E-state index is 0.573. The summed E-state index contributed by atoms with van der Waals surface area (Å²) >= 11 is 0. The Bertz CT molecular complexity index is 608. The van der Waals surface area contributed by atoms with Crippen molar-refractivity contribution in [2.24, 2.45) is 0 Å². The molecule has 22 heavy (non-hydrogen) atoms. The second kappa shape index (κ2) is 6.25. The average molecular weight is 298 g/mol. The molecule has 0 aliphatic heterocycles. The topological polar surface area (TPSA) is 29.3 Å². The van der Waals surface area contributed by atoms with Crippen molar-refractivity contribution in [1.82, 2.24) is 10.1 Å². The van der Waals surface area contributed by atoms with Crippen LogP contribution in [-0.2, 0) is 12.8 Å². The molecule has 0 saturated carbocycles. The molecule has 3 nitrogen and oxygen atoms in total. The fourth-order valence-corrected chi connectivity index (χ4v) is 4.05. The van der Waals surface area contributed by atoms with Gasteiger partial charge >= 0.3 is 0 Å². The van der Waals surface area contributed by atoms with E-state index in [0.717, 1.165) is 18.6 Å². The minimum Gasteiger partial charge on any atom is -0.356 e. The summed E-state index contributed by atoms with van der Waals surface area (Å²) in [6.07, 6.45) is 5.22. The summed E-state index contributed by atoms with van der Waals surface area (Å²) in [6, 6.07) is 10.3. The highest BCUT2D eigenvalue weighted by molar-refractivity contribution is 5.64. The molecule has 1 aromatic carbocycles. The lowest BCUT2D eigenvalue weighted by Crippen LogP contribution is -2.47. The molecule has 0 fully saturated rings.